The molecule has 0 aliphatic heterocycles. The number of methoxy groups -OCH3 is 1. The van der Waals surface area contributed by atoms with Gasteiger partial charge < -0.3 is 4.74 Å². The van der Waals surface area contributed by atoms with Crippen LogP contribution in [-0.2, 0) is 16.0 Å². The number of carbonyl (C=O) groups excluding carboxylic acids is 1. The largest absolute Gasteiger partial charge is 0.373 e. The van der Waals surface area contributed by atoms with E-state index in [2.05, 4.69) is 0 Å². The zero-order valence-electron chi connectivity index (χ0n) is 10.2. The number of ketones is 1. The third kappa shape index (κ3) is 3.89. The number of hydrogen-bond acceptors (Lipinski definition) is 2. The molecule has 0 saturated heterocycles. The van der Waals surface area contributed by atoms with Gasteiger partial charge in [-0.05, 0) is 23.6 Å². The Bertz CT molecular complexity index is 382. The van der Waals surface area contributed by atoms with Crippen LogP contribution in [0.3, 0.4) is 0 Å². The van der Waals surface area contributed by atoms with Gasteiger partial charge in [0.1, 0.15) is 17.7 Å². The lowest BCUT2D eigenvalue weighted by atomic mass is 9.98. The predicted octanol–water partition coefficient (Wildman–Crippen LogP) is 2.75. The minimum absolute atomic E-state index is 0.0225. The molecule has 0 aliphatic rings. The monoisotopic (exact) mass is 242 g/mol. The zero-order valence-corrected chi connectivity index (χ0v) is 10.2. The van der Waals surface area contributed by atoms with Gasteiger partial charge in [0.05, 0.1) is 0 Å². The first-order chi connectivity index (χ1) is 7.93. The van der Waals surface area contributed by atoms with Crippen molar-refractivity contribution in [3.05, 3.63) is 35.4 Å². The van der Waals surface area contributed by atoms with Crippen molar-refractivity contribution in [3.63, 3.8) is 0 Å². The smallest absolute Gasteiger partial charge is 0.166 e. The van der Waals surface area contributed by atoms with E-state index in [1.165, 1.54) is 7.11 Å². The van der Waals surface area contributed by atoms with Crippen molar-refractivity contribution in [2.45, 2.75) is 26.4 Å². The number of halogens is 2. The molecule has 0 spiro atoms. The molecule has 0 saturated carbocycles. The molecule has 17 heavy (non-hydrogen) atoms. The molecule has 94 valence electrons. The van der Waals surface area contributed by atoms with Crippen LogP contribution in [0.1, 0.15) is 19.4 Å². The minimum Gasteiger partial charge on any atom is -0.373 e. The van der Waals surface area contributed by atoms with Crippen LogP contribution in [0.15, 0.2) is 18.2 Å². The summed E-state index contributed by atoms with van der Waals surface area (Å²) in [5, 5.41) is 0. The number of rotatable bonds is 5. The molecule has 0 N–H and O–H groups in total. The summed E-state index contributed by atoms with van der Waals surface area (Å²) in [5.41, 5.74) is 0.329. The van der Waals surface area contributed by atoms with Gasteiger partial charge in [0.15, 0.2) is 5.78 Å². The second kappa shape index (κ2) is 5.87. The molecule has 0 amide bonds. The quantitative estimate of drug-likeness (QED) is 0.793. The van der Waals surface area contributed by atoms with E-state index in [1.807, 2.05) is 13.8 Å². The van der Waals surface area contributed by atoms with E-state index in [9.17, 15) is 13.6 Å². The maximum absolute atomic E-state index is 12.9. The van der Waals surface area contributed by atoms with Crippen molar-refractivity contribution in [3.8, 4) is 0 Å². The lowest BCUT2D eigenvalue weighted by Crippen LogP contribution is -2.29. The first-order valence-corrected chi connectivity index (χ1v) is 5.44. The summed E-state index contributed by atoms with van der Waals surface area (Å²) in [6.07, 6.45) is -0.563. The Balaban J connectivity index is 2.80. The SMILES string of the molecule is COC(C(=O)Cc1cc(F)cc(F)c1)C(C)C. The van der Waals surface area contributed by atoms with Crippen LogP contribution in [0.25, 0.3) is 0 Å². The number of ether oxygens (including phenoxy) is 1. The highest BCUT2D eigenvalue weighted by atomic mass is 19.1. The number of benzene rings is 1. The Morgan fingerprint density at radius 3 is 2.18 bits per heavy atom. The van der Waals surface area contributed by atoms with E-state index in [0.717, 1.165) is 18.2 Å². The molecule has 1 rings (SSSR count). The van der Waals surface area contributed by atoms with Gasteiger partial charge in [-0.25, -0.2) is 8.78 Å². The van der Waals surface area contributed by atoms with Crippen molar-refractivity contribution in [2.75, 3.05) is 7.11 Å². The molecule has 0 bridgehead atoms. The Morgan fingerprint density at radius 1 is 1.24 bits per heavy atom. The molecule has 0 radical (unpaired) electrons. The normalized spacial score (nSPS) is 12.8. The van der Waals surface area contributed by atoms with E-state index in [1.54, 1.807) is 0 Å². The standard InChI is InChI=1S/C13H16F2O2/c1-8(2)13(17-3)12(16)6-9-4-10(14)7-11(15)5-9/h4-5,7-8,13H,6H2,1-3H3. The highest BCUT2D eigenvalue weighted by Crippen LogP contribution is 2.13. The van der Waals surface area contributed by atoms with E-state index in [4.69, 9.17) is 4.74 Å². The van der Waals surface area contributed by atoms with Crippen molar-refractivity contribution in [1.82, 2.24) is 0 Å². The molecule has 2 nitrogen and oxygen atoms in total. The zero-order chi connectivity index (χ0) is 13.0. The van der Waals surface area contributed by atoms with Gasteiger partial charge in [0.2, 0.25) is 0 Å². The Kier molecular flexibility index (Phi) is 4.75. The Labute approximate surface area is 99.6 Å². The molecular weight excluding hydrogens is 226 g/mol. The third-order valence-electron chi connectivity index (χ3n) is 2.48. The van der Waals surface area contributed by atoms with Gasteiger partial charge >= 0.3 is 0 Å². The second-order valence-electron chi connectivity index (χ2n) is 4.32. The summed E-state index contributed by atoms with van der Waals surface area (Å²) in [6.45, 7) is 3.72. The van der Waals surface area contributed by atoms with Gasteiger partial charge in [-0.3, -0.25) is 4.79 Å². The van der Waals surface area contributed by atoms with Crippen molar-refractivity contribution in [2.24, 2.45) is 5.92 Å². The fraction of sp³-hybridized carbons (Fsp3) is 0.462. The van der Waals surface area contributed by atoms with E-state index in [-0.39, 0.29) is 18.1 Å². The van der Waals surface area contributed by atoms with Gasteiger partial charge in [-0.2, -0.15) is 0 Å². The van der Waals surface area contributed by atoms with Crippen LogP contribution < -0.4 is 0 Å². The molecule has 0 aliphatic carbocycles. The fourth-order valence-corrected chi connectivity index (χ4v) is 1.79. The molecule has 0 fully saturated rings. The summed E-state index contributed by atoms with van der Waals surface area (Å²) in [5.74, 6) is -1.49. The summed E-state index contributed by atoms with van der Waals surface area (Å²) in [7, 11) is 1.45. The lowest BCUT2D eigenvalue weighted by Gasteiger charge is -2.17. The predicted molar refractivity (Wildman–Crippen MR) is 60.7 cm³/mol. The summed E-state index contributed by atoms with van der Waals surface area (Å²) in [4.78, 5) is 11.8. The van der Waals surface area contributed by atoms with Crippen LogP contribution in [0.4, 0.5) is 8.78 Å². The molecular formula is C13H16F2O2. The fourth-order valence-electron chi connectivity index (χ4n) is 1.79. The van der Waals surface area contributed by atoms with Gasteiger partial charge in [-0.1, -0.05) is 13.8 Å². The van der Waals surface area contributed by atoms with E-state index in [0.29, 0.717) is 5.56 Å². The maximum atomic E-state index is 12.9. The second-order valence-corrected chi connectivity index (χ2v) is 4.32. The highest BCUT2D eigenvalue weighted by molar-refractivity contribution is 5.85. The third-order valence-corrected chi connectivity index (χ3v) is 2.48. The van der Waals surface area contributed by atoms with Crippen molar-refractivity contribution >= 4 is 5.78 Å². The molecule has 4 heteroatoms. The van der Waals surface area contributed by atoms with Crippen LogP contribution in [0.5, 0.6) is 0 Å². The first-order valence-electron chi connectivity index (χ1n) is 5.44. The molecule has 1 unspecified atom stereocenters. The van der Waals surface area contributed by atoms with Crippen LogP contribution in [0.2, 0.25) is 0 Å². The minimum atomic E-state index is -0.675. The molecule has 1 aromatic rings. The van der Waals surface area contributed by atoms with Crippen LogP contribution in [-0.4, -0.2) is 19.0 Å². The average molecular weight is 242 g/mol. The number of Topliss-reactive ketones (excluding diaryl/α,β-unsaturated/α-hetero) is 1. The van der Waals surface area contributed by atoms with Gasteiger partial charge in [-0.15, -0.1) is 0 Å². The summed E-state index contributed by atoms with van der Waals surface area (Å²) >= 11 is 0. The topological polar surface area (TPSA) is 26.3 Å². The van der Waals surface area contributed by atoms with E-state index < -0.39 is 17.7 Å². The van der Waals surface area contributed by atoms with Crippen molar-refractivity contribution < 1.29 is 18.3 Å². The number of hydrogen-bond donors (Lipinski definition) is 0. The molecule has 1 atom stereocenters. The highest BCUT2D eigenvalue weighted by Gasteiger charge is 2.21. The lowest BCUT2D eigenvalue weighted by molar-refractivity contribution is -0.130. The van der Waals surface area contributed by atoms with Gasteiger partial charge in [0.25, 0.3) is 0 Å². The average Bonchev–Trinajstić information content (AvgIpc) is 2.15. The summed E-state index contributed by atoms with van der Waals surface area (Å²) in [6, 6.07) is 3.10. The number of carbonyl (C=O) groups is 1. The van der Waals surface area contributed by atoms with Crippen LogP contribution in [0, 0.1) is 17.6 Å². The Hall–Kier alpha value is -1.29. The van der Waals surface area contributed by atoms with Crippen LogP contribution >= 0.6 is 0 Å². The Morgan fingerprint density at radius 2 is 1.76 bits per heavy atom. The molecule has 1 aromatic carbocycles. The summed E-state index contributed by atoms with van der Waals surface area (Å²) < 4.78 is 30.9. The van der Waals surface area contributed by atoms with E-state index >= 15 is 0 Å². The maximum Gasteiger partial charge on any atom is 0.166 e. The van der Waals surface area contributed by atoms with Crippen molar-refractivity contribution in [1.29, 1.82) is 0 Å². The first kappa shape index (κ1) is 13.8. The molecule has 0 heterocycles. The van der Waals surface area contributed by atoms with Gasteiger partial charge in [0, 0.05) is 19.6 Å². The molecule has 0 aromatic heterocycles.